The fourth-order valence-electron chi connectivity index (χ4n) is 9.60. The van der Waals surface area contributed by atoms with Gasteiger partial charge in [-0.3, -0.25) is 14.6 Å². The summed E-state index contributed by atoms with van der Waals surface area (Å²) in [6, 6.07) is 4.42. The van der Waals surface area contributed by atoms with Gasteiger partial charge in [0.15, 0.2) is 11.5 Å². The SMILES string of the molecule is COC(=O)N1c2c(ccc3c2OCO3)[C@@]23C4CN5CCCC6(CCC12[C@H](C6)C4=O)[C@H]53. The molecular formula is C23H24N2O5. The van der Waals surface area contributed by atoms with Gasteiger partial charge in [-0.15, -0.1) is 0 Å². The molecule has 30 heavy (non-hydrogen) atoms. The van der Waals surface area contributed by atoms with Crippen molar-refractivity contribution in [3.8, 4) is 11.5 Å². The summed E-state index contributed by atoms with van der Waals surface area (Å²) in [5.41, 5.74) is 1.23. The third-order valence-corrected chi connectivity index (χ3v) is 10.00. The monoisotopic (exact) mass is 408 g/mol. The van der Waals surface area contributed by atoms with E-state index in [9.17, 15) is 9.59 Å². The minimum Gasteiger partial charge on any atom is -0.454 e. The van der Waals surface area contributed by atoms with Gasteiger partial charge >= 0.3 is 6.09 Å². The molecule has 1 aromatic carbocycles. The first-order valence-electron chi connectivity index (χ1n) is 11.2. The number of ketones is 1. The van der Waals surface area contributed by atoms with E-state index in [2.05, 4.69) is 11.0 Å². The van der Waals surface area contributed by atoms with Crippen LogP contribution >= 0.6 is 0 Å². The van der Waals surface area contributed by atoms with E-state index in [0.29, 0.717) is 23.3 Å². The smallest absolute Gasteiger partial charge is 0.414 e. The van der Waals surface area contributed by atoms with Crippen molar-refractivity contribution in [2.45, 2.75) is 49.1 Å². The summed E-state index contributed by atoms with van der Waals surface area (Å²) in [6.07, 6.45) is 4.88. The fourth-order valence-corrected chi connectivity index (χ4v) is 9.60. The molecule has 0 N–H and O–H groups in total. The van der Waals surface area contributed by atoms with Crippen LogP contribution in [0.25, 0.3) is 0 Å². The molecule has 7 heteroatoms. The molecular weight excluding hydrogens is 384 g/mol. The second-order valence-corrected chi connectivity index (χ2v) is 10.4. The number of methoxy groups -OCH3 is 1. The van der Waals surface area contributed by atoms with E-state index in [1.807, 2.05) is 11.0 Å². The Bertz CT molecular complexity index is 1070. The summed E-state index contributed by atoms with van der Waals surface area (Å²) in [5, 5.41) is 0. The third-order valence-electron chi connectivity index (χ3n) is 10.00. The van der Waals surface area contributed by atoms with Gasteiger partial charge in [-0.05, 0) is 55.7 Å². The molecule has 4 bridgehead atoms. The molecule has 6 fully saturated rings. The molecule has 156 valence electrons. The summed E-state index contributed by atoms with van der Waals surface area (Å²) >= 11 is 0. The molecule has 4 saturated carbocycles. The minimum atomic E-state index is -0.538. The average Bonchev–Trinajstić information content (AvgIpc) is 3.47. The number of carbonyl (C=O) groups is 2. The maximum absolute atomic E-state index is 13.9. The van der Waals surface area contributed by atoms with Gasteiger partial charge in [0.2, 0.25) is 6.79 Å². The van der Waals surface area contributed by atoms with E-state index in [1.54, 1.807) is 0 Å². The van der Waals surface area contributed by atoms with E-state index >= 15 is 0 Å². The number of benzene rings is 1. The highest BCUT2D eigenvalue weighted by Crippen LogP contribution is 2.81. The number of anilines is 1. The number of amides is 1. The zero-order chi connectivity index (χ0) is 20.0. The maximum atomic E-state index is 13.9. The predicted molar refractivity (Wildman–Crippen MR) is 105 cm³/mol. The Hall–Kier alpha value is -2.28. The number of carbonyl (C=O) groups excluding carboxylic acids is 2. The molecule has 0 radical (unpaired) electrons. The minimum absolute atomic E-state index is 0.0541. The van der Waals surface area contributed by atoms with Crippen molar-refractivity contribution >= 4 is 17.6 Å². The number of ether oxygens (including phenoxy) is 3. The molecule has 1 aromatic rings. The summed E-state index contributed by atoms with van der Waals surface area (Å²) in [4.78, 5) is 31.8. The van der Waals surface area contributed by atoms with Crippen LogP contribution in [0.2, 0.25) is 0 Å². The van der Waals surface area contributed by atoms with Gasteiger partial charge in [-0.1, -0.05) is 6.07 Å². The van der Waals surface area contributed by atoms with E-state index in [1.165, 1.54) is 20.0 Å². The molecule has 3 spiro atoms. The van der Waals surface area contributed by atoms with Crippen LogP contribution in [0, 0.1) is 17.3 Å². The van der Waals surface area contributed by atoms with Gasteiger partial charge < -0.3 is 14.2 Å². The van der Waals surface area contributed by atoms with Gasteiger partial charge in [0, 0.05) is 29.8 Å². The van der Waals surface area contributed by atoms with Gasteiger partial charge in [-0.2, -0.15) is 0 Å². The Kier molecular flexibility index (Phi) is 2.54. The van der Waals surface area contributed by atoms with Gasteiger partial charge in [0.1, 0.15) is 5.78 Å². The largest absolute Gasteiger partial charge is 0.454 e. The number of piperidine rings is 1. The van der Waals surface area contributed by atoms with Crippen LogP contribution in [0.5, 0.6) is 11.5 Å². The topological polar surface area (TPSA) is 68.3 Å². The number of rotatable bonds is 0. The van der Waals surface area contributed by atoms with Crippen LogP contribution in [0.3, 0.4) is 0 Å². The van der Waals surface area contributed by atoms with E-state index in [0.717, 1.165) is 43.6 Å². The van der Waals surface area contributed by atoms with Crippen molar-refractivity contribution in [1.29, 1.82) is 0 Å². The highest BCUT2D eigenvalue weighted by molar-refractivity contribution is 6.05. The molecule has 6 atom stereocenters. The lowest BCUT2D eigenvalue weighted by Crippen LogP contribution is -2.76. The van der Waals surface area contributed by atoms with Crippen LogP contribution < -0.4 is 14.4 Å². The second kappa shape index (κ2) is 4.64. The molecule has 4 heterocycles. The Morgan fingerprint density at radius 1 is 1.20 bits per heavy atom. The first-order valence-corrected chi connectivity index (χ1v) is 11.2. The van der Waals surface area contributed by atoms with Crippen molar-refractivity contribution in [2.24, 2.45) is 17.3 Å². The molecule has 8 aliphatic rings. The van der Waals surface area contributed by atoms with Gasteiger partial charge in [-0.25, -0.2) is 4.79 Å². The summed E-state index contributed by atoms with van der Waals surface area (Å²) in [6.45, 7) is 2.04. The maximum Gasteiger partial charge on any atom is 0.414 e. The predicted octanol–water partition coefficient (Wildman–Crippen LogP) is 2.46. The Balaban J connectivity index is 1.52. The zero-order valence-electron chi connectivity index (χ0n) is 17.0. The lowest BCUT2D eigenvalue weighted by atomic mass is 9.41. The third kappa shape index (κ3) is 1.28. The highest BCUT2D eigenvalue weighted by atomic mass is 16.7. The quantitative estimate of drug-likeness (QED) is 0.657. The van der Waals surface area contributed by atoms with E-state index < -0.39 is 5.54 Å². The van der Waals surface area contributed by atoms with Crippen LogP contribution in [0.15, 0.2) is 12.1 Å². The standard InChI is InChI=1S/C23H24N2O5/c1-28-20(27)25-16-12(3-4-15-18(16)30-11-29-15)23-14-10-24-8-2-5-21(19(23)24)6-7-22(23,25)13(9-21)17(14)26/h3-4,13-14,19H,2,5-11H2,1H3/t13-,14?,19+,21?,22?,23+/m1/s1. The normalized spacial score (nSPS) is 45.7. The van der Waals surface area contributed by atoms with Gasteiger partial charge in [0.05, 0.1) is 18.3 Å². The highest BCUT2D eigenvalue weighted by Gasteiger charge is 2.89. The number of Topliss-reactive ketones (excluding diaryl/α,β-unsaturated/α-hetero) is 1. The van der Waals surface area contributed by atoms with Crippen LogP contribution in [-0.4, -0.2) is 55.3 Å². The number of nitrogens with zero attached hydrogens (tertiary/aromatic N) is 2. The Morgan fingerprint density at radius 3 is 2.97 bits per heavy atom. The molecule has 9 rings (SSSR count). The van der Waals surface area contributed by atoms with Crippen LogP contribution in [-0.2, 0) is 14.9 Å². The molecule has 2 saturated heterocycles. The number of fused-ring (bicyclic) bond motifs is 4. The first-order chi connectivity index (χ1) is 14.6. The fraction of sp³-hybridized carbons (Fsp3) is 0.652. The van der Waals surface area contributed by atoms with Crippen molar-refractivity contribution in [1.82, 2.24) is 4.90 Å². The molecule has 1 amide bonds. The van der Waals surface area contributed by atoms with E-state index in [4.69, 9.17) is 14.2 Å². The van der Waals surface area contributed by atoms with Crippen LogP contribution in [0.4, 0.5) is 10.5 Å². The molecule has 4 aliphatic carbocycles. The second-order valence-electron chi connectivity index (χ2n) is 10.4. The van der Waals surface area contributed by atoms with Crippen molar-refractivity contribution in [3.05, 3.63) is 17.7 Å². The van der Waals surface area contributed by atoms with E-state index in [-0.39, 0.29) is 35.6 Å². The summed E-state index contributed by atoms with van der Waals surface area (Å²) < 4.78 is 16.9. The Morgan fingerprint density at radius 2 is 2.10 bits per heavy atom. The summed E-state index contributed by atoms with van der Waals surface area (Å²) in [7, 11) is 1.44. The number of hydrogen-bond donors (Lipinski definition) is 0. The average molecular weight is 408 g/mol. The number of hydrogen-bond acceptors (Lipinski definition) is 6. The molecule has 0 aromatic heterocycles. The van der Waals surface area contributed by atoms with Crippen LogP contribution in [0.1, 0.15) is 37.7 Å². The van der Waals surface area contributed by atoms with Crippen molar-refractivity contribution < 1.29 is 23.8 Å². The molecule has 4 aliphatic heterocycles. The zero-order valence-corrected chi connectivity index (χ0v) is 17.0. The van der Waals surface area contributed by atoms with Crippen molar-refractivity contribution in [3.63, 3.8) is 0 Å². The lowest BCUT2D eigenvalue weighted by Gasteiger charge is -2.67. The first kappa shape index (κ1) is 16.4. The molecule has 7 nitrogen and oxygen atoms in total. The van der Waals surface area contributed by atoms with Crippen molar-refractivity contribution in [2.75, 3.05) is 31.9 Å². The summed E-state index contributed by atoms with van der Waals surface area (Å²) in [5.74, 6) is 1.54. The molecule has 3 unspecified atom stereocenters. The Labute approximate surface area is 174 Å². The lowest BCUT2D eigenvalue weighted by molar-refractivity contribution is -0.139. The van der Waals surface area contributed by atoms with Gasteiger partial charge in [0.25, 0.3) is 0 Å².